The number of halogens is 1. The topological polar surface area (TPSA) is 58.2 Å². The van der Waals surface area contributed by atoms with Gasteiger partial charge in [-0.15, -0.1) is 0 Å². The molecule has 5 heteroatoms. The number of carbonyl (C=O) groups is 2. The summed E-state index contributed by atoms with van der Waals surface area (Å²) in [4.78, 5) is 23.8. The second-order valence-corrected chi connectivity index (χ2v) is 6.95. The molecule has 2 aromatic rings. The van der Waals surface area contributed by atoms with Crippen LogP contribution in [0.4, 0.5) is 0 Å². The first-order chi connectivity index (χ1) is 12.5. The third-order valence-corrected chi connectivity index (χ3v) is 4.38. The van der Waals surface area contributed by atoms with E-state index < -0.39 is 0 Å². The van der Waals surface area contributed by atoms with Gasteiger partial charge in [-0.3, -0.25) is 9.59 Å². The van der Waals surface area contributed by atoms with Crippen LogP contribution in [0.1, 0.15) is 47.7 Å². The van der Waals surface area contributed by atoms with Crippen molar-refractivity contribution in [1.29, 1.82) is 0 Å². The minimum Gasteiger partial charge on any atom is -0.356 e. The summed E-state index contributed by atoms with van der Waals surface area (Å²) in [6, 6.07) is 15.1. The van der Waals surface area contributed by atoms with Gasteiger partial charge in [-0.25, -0.2) is 0 Å². The van der Waals surface area contributed by atoms with Crippen LogP contribution in [-0.2, 0) is 11.2 Å². The Hall–Kier alpha value is -2.33. The number of nitrogens with one attached hydrogen (secondary N) is 2. The molecule has 0 spiro atoms. The Morgan fingerprint density at radius 2 is 1.58 bits per heavy atom. The van der Waals surface area contributed by atoms with Gasteiger partial charge in [0.05, 0.1) is 0 Å². The maximum Gasteiger partial charge on any atom is 0.251 e. The average Bonchev–Trinajstić information content (AvgIpc) is 2.62. The third-order valence-electron chi connectivity index (χ3n) is 4.13. The van der Waals surface area contributed by atoms with Gasteiger partial charge in [0.1, 0.15) is 0 Å². The van der Waals surface area contributed by atoms with Crippen molar-refractivity contribution in [3.8, 4) is 0 Å². The molecule has 0 unspecified atom stereocenters. The average molecular weight is 373 g/mol. The highest BCUT2D eigenvalue weighted by Gasteiger charge is 2.06. The molecule has 138 valence electrons. The van der Waals surface area contributed by atoms with E-state index >= 15 is 0 Å². The van der Waals surface area contributed by atoms with E-state index in [4.69, 9.17) is 11.6 Å². The highest BCUT2D eigenvalue weighted by Crippen LogP contribution is 2.14. The van der Waals surface area contributed by atoms with Crippen LogP contribution in [0.5, 0.6) is 0 Å². The highest BCUT2D eigenvalue weighted by molar-refractivity contribution is 6.30. The molecule has 0 aliphatic rings. The second kappa shape index (κ2) is 9.97. The van der Waals surface area contributed by atoms with Crippen LogP contribution in [0.3, 0.4) is 0 Å². The number of rotatable bonds is 8. The Balaban J connectivity index is 1.64. The predicted octanol–water partition coefficient (Wildman–Crippen LogP) is 3.94. The molecule has 0 saturated heterocycles. The lowest BCUT2D eigenvalue weighted by Crippen LogP contribution is -2.31. The van der Waals surface area contributed by atoms with Crippen molar-refractivity contribution in [1.82, 2.24) is 10.6 Å². The van der Waals surface area contributed by atoms with Crippen LogP contribution < -0.4 is 10.6 Å². The third kappa shape index (κ3) is 6.52. The van der Waals surface area contributed by atoms with E-state index in [9.17, 15) is 9.59 Å². The lowest BCUT2D eigenvalue weighted by atomic mass is 10.0. The molecule has 0 aliphatic heterocycles. The van der Waals surface area contributed by atoms with E-state index in [1.807, 2.05) is 0 Å². The van der Waals surface area contributed by atoms with Crippen LogP contribution in [0.2, 0.25) is 5.02 Å². The van der Waals surface area contributed by atoms with Gasteiger partial charge in [-0.1, -0.05) is 49.7 Å². The van der Waals surface area contributed by atoms with Gasteiger partial charge in [-0.2, -0.15) is 0 Å². The quantitative estimate of drug-likeness (QED) is 0.737. The number of hydrogen-bond acceptors (Lipinski definition) is 2. The fraction of sp³-hybridized carbons (Fsp3) is 0.333. The molecule has 0 fully saturated rings. The molecule has 0 radical (unpaired) electrons. The minimum absolute atomic E-state index is 0.0693. The van der Waals surface area contributed by atoms with E-state index in [1.54, 1.807) is 24.3 Å². The predicted molar refractivity (Wildman–Crippen MR) is 106 cm³/mol. The summed E-state index contributed by atoms with van der Waals surface area (Å²) >= 11 is 5.79. The van der Waals surface area contributed by atoms with Gasteiger partial charge in [0.15, 0.2) is 0 Å². The molecular formula is C21H25ClN2O2. The van der Waals surface area contributed by atoms with E-state index in [0.717, 1.165) is 6.42 Å². The zero-order chi connectivity index (χ0) is 18.9. The molecule has 0 bridgehead atoms. The fourth-order valence-corrected chi connectivity index (χ4v) is 2.62. The maximum absolute atomic E-state index is 11.9. The van der Waals surface area contributed by atoms with E-state index in [0.29, 0.717) is 29.6 Å². The van der Waals surface area contributed by atoms with Crippen molar-refractivity contribution in [2.75, 3.05) is 13.1 Å². The Labute approximate surface area is 159 Å². The van der Waals surface area contributed by atoms with Gasteiger partial charge < -0.3 is 10.6 Å². The Morgan fingerprint density at radius 3 is 2.19 bits per heavy atom. The first-order valence-electron chi connectivity index (χ1n) is 8.85. The van der Waals surface area contributed by atoms with Crippen molar-refractivity contribution in [2.45, 2.75) is 32.6 Å². The van der Waals surface area contributed by atoms with Crippen molar-refractivity contribution in [2.24, 2.45) is 0 Å². The lowest BCUT2D eigenvalue weighted by molar-refractivity contribution is -0.120. The number of benzene rings is 2. The number of amides is 2. The molecule has 0 heterocycles. The van der Waals surface area contributed by atoms with Gasteiger partial charge in [-0.05, 0) is 47.7 Å². The maximum atomic E-state index is 11.9. The zero-order valence-corrected chi connectivity index (χ0v) is 16.0. The smallest absolute Gasteiger partial charge is 0.251 e. The molecule has 0 atom stereocenters. The summed E-state index contributed by atoms with van der Waals surface area (Å²) in [5, 5.41) is 6.20. The standard InChI is InChI=1S/C21H25ClN2O2/c1-15(2)17-5-3-16(4-6-17)11-13-23-20(25)12-14-24-21(26)18-7-9-19(22)10-8-18/h3-10,15H,11-14H2,1-2H3,(H,23,25)(H,24,26). The van der Waals surface area contributed by atoms with Gasteiger partial charge in [0, 0.05) is 30.1 Å². The summed E-state index contributed by atoms with van der Waals surface area (Å²) in [5.41, 5.74) is 3.04. The molecule has 4 nitrogen and oxygen atoms in total. The molecule has 26 heavy (non-hydrogen) atoms. The number of carbonyl (C=O) groups excluding carboxylic acids is 2. The summed E-state index contributed by atoms with van der Waals surface area (Å²) < 4.78 is 0. The Bertz CT molecular complexity index is 725. The van der Waals surface area contributed by atoms with Crippen LogP contribution in [0.25, 0.3) is 0 Å². The van der Waals surface area contributed by atoms with Gasteiger partial charge in [0.25, 0.3) is 5.91 Å². The molecule has 2 rings (SSSR count). The largest absolute Gasteiger partial charge is 0.356 e. The fourth-order valence-electron chi connectivity index (χ4n) is 2.50. The van der Waals surface area contributed by atoms with Crippen LogP contribution in [0, 0.1) is 0 Å². The minimum atomic E-state index is -0.209. The van der Waals surface area contributed by atoms with Crippen LogP contribution in [-0.4, -0.2) is 24.9 Å². The van der Waals surface area contributed by atoms with Crippen molar-refractivity contribution in [3.63, 3.8) is 0 Å². The first kappa shape index (κ1) is 20.0. The molecule has 2 N–H and O–H groups in total. The monoisotopic (exact) mass is 372 g/mol. The lowest BCUT2D eigenvalue weighted by Gasteiger charge is -2.09. The Morgan fingerprint density at radius 1 is 0.923 bits per heavy atom. The summed E-state index contributed by atoms with van der Waals surface area (Å²) in [6.07, 6.45) is 1.05. The summed E-state index contributed by atoms with van der Waals surface area (Å²) in [6.45, 7) is 5.23. The molecule has 0 aromatic heterocycles. The van der Waals surface area contributed by atoms with Gasteiger partial charge >= 0.3 is 0 Å². The molecule has 0 saturated carbocycles. The van der Waals surface area contributed by atoms with Gasteiger partial charge in [0.2, 0.25) is 5.91 Å². The van der Waals surface area contributed by atoms with Crippen LogP contribution in [0.15, 0.2) is 48.5 Å². The van der Waals surface area contributed by atoms with E-state index in [-0.39, 0.29) is 18.2 Å². The van der Waals surface area contributed by atoms with Crippen molar-refractivity contribution in [3.05, 3.63) is 70.2 Å². The normalized spacial score (nSPS) is 10.6. The van der Waals surface area contributed by atoms with Crippen molar-refractivity contribution < 1.29 is 9.59 Å². The van der Waals surface area contributed by atoms with E-state index in [2.05, 4.69) is 48.7 Å². The molecule has 2 amide bonds. The van der Waals surface area contributed by atoms with Crippen molar-refractivity contribution >= 4 is 23.4 Å². The SMILES string of the molecule is CC(C)c1ccc(CCNC(=O)CCNC(=O)c2ccc(Cl)cc2)cc1. The zero-order valence-electron chi connectivity index (χ0n) is 15.2. The molecule has 0 aliphatic carbocycles. The first-order valence-corrected chi connectivity index (χ1v) is 9.23. The van der Waals surface area contributed by atoms with Crippen LogP contribution >= 0.6 is 11.6 Å². The summed E-state index contributed by atoms with van der Waals surface area (Å²) in [7, 11) is 0. The second-order valence-electron chi connectivity index (χ2n) is 6.51. The highest BCUT2D eigenvalue weighted by atomic mass is 35.5. The Kier molecular flexibility index (Phi) is 7.67. The van der Waals surface area contributed by atoms with E-state index in [1.165, 1.54) is 11.1 Å². The summed E-state index contributed by atoms with van der Waals surface area (Å²) in [5.74, 6) is 0.242. The molecule has 2 aromatic carbocycles. The number of hydrogen-bond donors (Lipinski definition) is 2. The molecular weight excluding hydrogens is 348 g/mol.